The van der Waals surface area contributed by atoms with Crippen LogP contribution < -0.4 is 9.47 Å². The van der Waals surface area contributed by atoms with Crippen LogP contribution in [0.25, 0.3) is 0 Å². The van der Waals surface area contributed by atoms with Crippen molar-refractivity contribution in [1.29, 1.82) is 0 Å². The normalized spacial score (nSPS) is 16.4. The lowest BCUT2D eigenvalue weighted by Gasteiger charge is -2.38. The molecule has 2 aromatic rings. The Morgan fingerprint density at radius 2 is 1.76 bits per heavy atom. The summed E-state index contributed by atoms with van der Waals surface area (Å²) >= 11 is 0. The Hall–Kier alpha value is -2.71. The van der Waals surface area contributed by atoms with Crippen molar-refractivity contribution in [1.82, 2.24) is 9.80 Å². The van der Waals surface area contributed by atoms with Crippen LogP contribution in [0.1, 0.15) is 17.2 Å². The van der Waals surface area contributed by atoms with Gasteiger partial charge >= 0.3 is 5.97 Å². The van der Waals surface area contributed by atoms with Gasteiger partial charge in [0.2, 0.25) is 0 Å². The fraction of sp³-hybridized carbons (Fsp3) is 0.381. The van der Waals surface area contributed by atoms with Crippen LogP contribution in [0.4, 0.5) is 8.78 Å². The number of carbonyl (C=O) groups is 1. The third-order valence-corrected chi connectivity index (χ3v) is 5.13. The lowest BCUT2D eigenvalue weighted by molar-refractivity contribution is -0.144. The van der Waals surface area contributed by atoms with E-state index in [0.717, 1.165) is 6.07 Å². The fourth-order valence-electron chi connectivity index (χ4n) is 3.61. The molecule has 6 nitrogen and oxygen atoms in total. The van der Waals surface area contributed by atoms with E-state index in [1.54, 1.807) is 24.3 Å². The molecule has 1 aliphatic rings. The maximum atomic E-state index is 13.4. The smallest absolute Gasteiger partial charge is 0.325 e. The van der Waals surface area contributed by atoms with Crippen molar-refractivity contribution in [3.63, 3.8) is 0 Å². The number of methoxy groups -OCH3 is 2. The molecule has 2 aromatic carbocycles. The van der Waals surface area contributed by atoms with Crippen LogP contribution >= 0.6 is 0 Å². The van der Waals surface area contributed by atoms with Gasteiger partial charge in [-0.3, -0.25) is 14.6 Å². The van der Waals surface area contributed by atoms with Gasteiger partial charge < -0.3 is 14.6 Å². The van der Waals surface area contributed by atoms with Crippen LogP contribution in [0.2, 0.25) is 0 Å². The summed E-state index contributed by atoms with van der Waals surface area (Å²) in [7, 11) is 3.03. The van der Waals surface area contributed by atoms with Crippen molar-refractivity contribution in [3.8, 4) is 11.5 Å². The number of benzene rings is 2. The Labute approximate surface area is 168 Å². The molecule has 0 spiro atoms. The SMILES string of the molecule is COc1ccc(OC)c(C(C(=O)O)N2CCN(Cc3ccc(F)c(F)c3)CC2)c1. The second-order valence-electron chi connectivity index (χ2n) is 6.91. The molecule has 156 valence electrons. The van der Waals surface area contributed by atoms with E-state index in [1.165, 1.54) is 20.3 Å². The first-order valence-electron chi connectivity index (χ1n) is 9.28. The topological polar surface area (TPSA) is 62.2 Å². The fourth-order valence-corrected chi connectivity index (χ4v) is 3.61. The number of ether oxygens (including phenoxy) is 2. The Morgan fingerprint density at radius 1 is 1.03 bits per heavy atom. The van der Waals surface area contributed by atoms with Crippen LogP contribution in [0.5, 0.6) is 11.5 Å². The van der Waals surface area contributed by atoms with Crippen molar-refractivity contribution >= 4 is 5.97 Å². The van der Waals surface area contributed by atoms with E-state index in [-0.39, 0.29) is 0 Å². The van der Waals surface area contributed by atoms with Gasteiger partial charge in [0.1, 0.15) is 17.5 Å². The van der Waals surface area contributed by atoms with Crippen molar-refractivity contribution in [2.24, 2.45) is 0 Å². The van der Waals surface area contributed by atoms with Gasteiger partial charge in [-0.25, -0.2) is 8.78 Å². The van der Waals surface area contributed by atoms with Crippen LogP contribution in [-0.2, 0) is 11.3 Å². The largest absolute Gasteiger partial charge is 0.497 e. The molecule has 29 heavy (non-hydrogen) atoms. The number of piperazine rings is 1. The summed E-state index contributed by atoms with van der Waals surface area (Å²) in [4.78, 5) is 16.0. The maximum Gasteiger partial charge on any atom is 0.325 e. The van der Waals surface area contributed by atoms with Gasteiger partial charge in [-0.1, -0.05) is 6.07 Å². The number of hydrogen-bond donors (Lipinski definition) is 1. The Balaban J connectivity index is 1.72. The molecule has 1 saturated heterocycles. The molecule has 1 fully saturated rings. The van der Waals surface area contributed by atoms with E-state index in [0.29, 0.717) is 55.3 Å². The first kappa shape index (κ1) is 21.0. The minimum absolute atomic E-state index is 0.477. The molecular formula is C21H24F2N2O4. The number of halogens is 2. The summed E-state index contributed by atoms with van der Waals surface area (Å²) < 4.78 is 37.1. The van der Waals surface area contributed by atoms with Crippen molar-refractivity contribution in [2.75, 3.05) is 40.4 Å². The number of nitrogens with zero attached hydrogens (tertiary/aromatic N) is 2. The standard InChI is InChI=1S/C21H24F2N2O4/c1-28-15-4-6-19(29-2)16(12-15)20(21(26)27)25-9-7-24(8-10-25)13-14-3-5-17(22)18(23)11-14/h3-6,11-12,20H,7-10,13H2,1-2H3,(H,26,27). The van der Waals surface area contributed by atoms with Crippen molar-refractivity contribution in [3.05, 3.63) is 59.2 Å². The molecule has 1 heterocycles. The molecule has 1 aliphatic heterocycles. The third-order valence-electron chi connectivity index (χ3n) is 5.13. The first-order chi connectivity index (χ1) is 13.9. The lowest BCUT2D eigenvalue weighted by atomic mass is 10.0. The quantitative estimate of drug-likeness (QED) is 0.763. The summed E-state index contributed by atoms with van der Waals surface area (Å²) in [5, 5.41) is 9.89. The molecule has 0 amide bonds. The average molecular weight is 406 g/mol. The molecule has 1 unspecified atom stereocenters. The van der Waals surface area contributed by atoms with Gasteiger partial charge in [-0.15, -0.1) is 0 Å². The highest BCUT2D eigenvalue weighted by molar-refractivity contribution is 5.77. The molecule has 1 atom stereocenters. The van der Waals surface area contributed by atoms with Crippen LogP contribution in [-0.4, -0.2) is 61.3 Å². The van der Waals surface area contributed by atoms with Crippen LogP contribution in [0, 0.1) is 11.6 Å². The second kappa shape index (κ2) is 9.19. The third kappa shape index (κ3) is 4.83. The van der Waals surface area contributed by atoms with E-state index in [4.69, 9.17) is 9.47 Å². The van der Waals surface area contributed by atoms with Gasteiger partial charge in [0.25, 0.3) is 0 Å². The van der Waals surface area contributed by atoms with Gasteiger partial charge in [0.15, 0.2) is 11.6 Å². The zero-order valence-corrected chi connectivity index (χ0v) is 16.4. The Morgan fingerprint density at radius 3 is 2.34 bits per heavy atom. The maximum absolute atomic E-state index is 13.4. The van der Waals surface area contributed by atoms with Crippen LogP contribution in [0.15, 0.2) is 36.4 Å². The molecule has 8 heteroatoms. The van der Waals surface area contributed by atoms with E-state index in [9.17, 15) is 18.7 Å². The van der Waals surface area contributed by atoms with E-state index in [2.05, 4.69) is 4.90 Å². The molecule has 0 saturated carbocycles. The van der Waals surface area contributed by atoms with Gasteiger partial charge in [0.05, 0.1) is 14.2 Å². The predicted molar refractivity (Wildman–Crippen MR) is 103 cm³/mol. The van der Waals surface area contributed by atoms with E-state index in [1.807, 2.05) is 4.90 Å². The minimum atomic E-state index is -0.967. The molecular weight excluding hydrogens is 382 g/mol. The summed E-state index contributed by atoms with van der Waals surface area (Å²) in [5.74, 6) is -1.65. The van der Waals surface area contributed by atoms with Crippen molar-refractivity contribution < 1.29 is 28.2 Å². The van der Waals surface area contributed by atoms with Gasteiger partial charge in [-0.05, 0) is 35.9 Å². The average Bonchev–Trinajstić information content (AvgIpc) is 2.72. The zero-order valence-electron chi connectivity index (χ0n) is 16.4. The Bertz CT molecular complexity index is 870. The molecule has 0 aromatic heterocycles. The number of rotatable bonds is 7. The minimum Gasteiger partial charge on any atom is -0.497 e. The number of carboxylic acids is 1. The highest BCUT2D eigenvalue weighted by Crippen LogP contribution is 2.33. The lowest BCUT2D eigenvalue weighted by Crippen LogP contribution is -2.48. The van der Waals surface area contributed by atoms with Crippen LogP contribution in [0.3, 0.4) is 0 Å². The Kier molecular flexibility index (Phi) is 6.66. The number of carboxylic acid groups (broad SMARTS) is 1. The molecule has 1 N–H and O–H groups in total. The molecule has 3 rings (SSSR count). The predicted octanol–water partition coefficient (Wildman–Crippen LogP) is 2.93. The monoisotopic (exact) mass is 406 g/mol. The molecule has 0 aliphatic carbocycles. The second-order valence-corrected chi connectivity index (χ2v) is 6.91. The highest BCUT2D eigenvalue weighted by Gasteiger charge is 2.32. The van der Waals surface area contributed by atoms with E-state index >= 15 is 0 Å². The highest BCUT2D eigenvalue weighted by atomic mass is 19.2. The van der Waals surface area contributed by atoms with E-state index < -0.39 is 23.6 Å². The van der Waals surface area contributed by atoms with Gasteiger partial charge in [0, 0.05) is 38.3 Å². The summed E-state index contributed by atoms with van der Waals surface area (Å²) in [6.45, 7) is 2.72. The van der Waals surface area contributed by atoms with Crippen molar-refractivity contribution in [2.45, 2.75) is 12.6 Å². The number of hydrogen-bond acceptors (Lipinski definition) is 5. The molecule has 0 radical (unpaired) electrons. The zero-order chi connectivity index (χ0) is 21.0. The summed E-state index contributed by atoms with van der Waals surface area (Å²) in [6.07, 6.45) is 0. The summed E-state index contributed by atoms with van der Waals surface area (Å²) in [5.41, 5.74) is 1.22. The first-order valence-corrected chi connectivity index (χ1v) is 9.28. The molecule has 0 bridgehead atoms. The number of aliphatic carboxylic acids is 1. The van der Waals surface area contributed by atoms with Gasteiger partial charge in [-0.2, -0.15) is 0 Å². The summed E-state index contributed by atoms with van der Waals surface area (Å²) in [6, 6.07) is 8.12.